The molecule has 0 unspecified atom stereocenters. The smallest absolute Gasteiger partial charge is 0.276 e. The van der Waals surface area contributed by atoms with Crippen molar-refractivity contribution in [2.24, 2.45) is 0 Å². The Bertz CT molecular complexity index is 622. The van der Waals surface area contributed by atoms with Crippen LogP contribution in [-0.4, -0.2) is 4.92 Å². The van der Waals surface area contributed by atoms with Gasteiger partial charge < -0.3 is 5.21 Å². The van der Waals surface area contributed by atoms with Crippen molar-refractivity contribution in [2.45, 2.75) is 10.8 Å². The van der Waals surface area contributed by atoms with E-state index in [0.29, 0.717) is 9.76 Å². The lowest BCUT2D eigenvalue weighted by atomic mass is 10.2. The highest BCUT2D eigenvalue weighted by molar-refractivity contribution is 7.98. The highest BCUT2D eigenvalue weighted by Crippen LogP contribution is 2.28. The number of rotatable bonds is 4. The molecule has 0 aliphatic rings. The second-order valence-electron chi connectivity index (χ2n) is 3.65. The molecular formula is C12H9FN2O3S. The molecule has 0 fully saturated rings. The third-order valence-electron chi connectivity index (χ3n) is 2.44. The topological polar surface area (TPSA) is 70.1 Å². The predicted octanol–water partition coefficient (Wildman–Crippen LogP) is 2.66. The zero-order valence-electron chi connectivity index (χ0n) is 9.65. The van der Waals surface area contributed by atoms with Crippen LogP contribution in [0.2, 0.25) is 0 Å². The molecule has 1 aromatic heterocycles. The molecule has 1 aromatic carbocycles. The van der Waals surface area contributed by atoms with Gasteiger partial charge in [0.15, 0.2) is 6.20 Å². The number of benzene rings is 1. The Labute approximate surface area is 112 Å². The molecule has 0 saturated heterocycles. The molecule has 1 heterocycles. The van der Waals surface area contributed by atoms with Gasteiger partial charge in [0.2, 0.25) is 0 Å². The Kier molecular flexibility index (Phi) is 3.96. The standard InChI is InChI=1S/C12H9FN2O3S/c13-10-4-3-5-11(15(17)18)9(10)8-19-12-6-1-2-7-14(12)16/h1-7H,8H2. The molecule has 2 rings (SSSR count). The minimum atomic E-state index is -0.643. The maximum Gasteiger partial charge on any atom is 0.276 e. The van der Waals surface area contributed by atoms with Crippen LogP contribution in [0.15, 0.2) is 47.6 Å². The third-order valence-corrected chi connectivity index (χ3v) is 3.49. The van der Waals surface area contributed by atoms with Crippen molar-refractivity contribution in [3.63, 3.8) is 0 Å². The van der Waals surface area contributed by atoms with Crippen LogP contribution in [0.3, 0.4) is 0 Å². The zero-order valence-corrected chi connectivity index (χ0v) is 10.5. The maximum atomic E-state index is 13.6. The number of pyridine rings is 1. The first kappa shape index (κ1) is 13.3. The third kappa shape index (κ3) is 3.00. The van der Waals surface area contributed by atoms with Gasteiger partial charge in [-0.25, -0.2) is 4.39 Å². The van der Waals surface area contributed by atoms with Gasteiger partial charge in [0.1, 0.15) is 5.82 Å². The minimum absolute atomic E-state index is 0.0126. The van der Waals surface area contributed by atoms with Crippen molar-refractivity contribution in [1.29, 1.82) is 0 Å². The van der Waals surface area contributed by atoms with Crippen LogP contribution in [-0.2, 0) is 5.75 Å². The quantitative estimate of drug-likeness (QED) is 0.284. The van der Waals surface area contributed by atoms with Gasteiger partial charge in [-0.15, -0.1) is 0 Å². The first-order valence-electron chi connectivity index (χ1n) is 5.32. The largest absolute Gasteiger partial charge is 0.618 e. The molecule has 0 N–H and O–H groups in total. The van der Waals surface area contributed by atoms with Crippen molar-refractivity contribution in [1.82, 2.24) is 0 Å². The predicted molar refractivity (Wildman–Crippen MR) is 68.0 cm³/mol. The van der Waals surface area contributed by atoms with E-state index in [1.54, 1.807) is 18.2 Å². The summed E-state index contributed by atoms with van der Waals surface area (Å²) in [6.07, 6.45) is 1.32. The molecule has 0 saturated carbocycles. The lowest BCUT2D eigenvalue weighted by molar-refractivity contribution is -0.645. The Morgan fingerprint density at radius 2 is 2.05 bits per heavy atom. The van der Waals surface area contributed by atoms with E-state index in [1.165, 1.54) is 24.4 Å². The monoisotopic (exact) mass is 280 g/mol. The van der Waals surface area contributed by atoms with Crippen molar-refractivity contribution in [3.8, 4) is 0 Å². The normalized spacial score (nSPS) is 10.4. The van der Waals surface area contributed by atoms with Gasteiger partial charge >= 0.3 is 0 Å². The van der Waals surface area contributed by atoms with Crippen LogP contribution in [0.5, 0.6) is 0 Å². The first-order chi connectivity index (χ1) is 9.09. The van der Waals surface area contributed by atoms with Crippen LogP contribution in [0, 0.1) is 21.1 Å². The summed E-state index contributed by atoms with van der Waals surface area (Å²) in [5.41, 5.74) is -0.290. The Morgan fingerprint density at radius 1 is 1.26 bits per heavy atom. The fraction of sp³-hybridized carbons (Fsp3) is 0.0833. The van der Waals surface area contributed by atoms with E-state index < -0.39 is 10.7 Å². The maximum absolute atomic E-state index is 13.6. The zero-order chi connectivity index (χ0) is 13.8. The summed E-state index contributed by atoms with van der Waals surface area (Å²) in [5.74, 6) is -0.620. The van der Waals surface area contributed by atoms with Gasteiger partial charge in [-0.3, -0.25) is 10.1 Å². The van der Waals surface area contributed by atoms with E-state index in [2.05, 4.69) is 0 Å². The summed E-state index contributed by atoms with van der Waals surface area (Å²) in [5, 5.41) is 22.6. The fourth-order valence-electron chi connectivity index (χ4n) is 1.53. The van der Waals surface area contributed by atoms with E-state index in [-0.39, 0.29) is 17.0 Å². The fourth-order valence-corrected chi connectivity index (χ4v) is 2.47. The van der Waals surface area contributed by atoms with Gasteiger partial charge in [0.05, 0.1) is 10.5 Å². The summed E-state index contributed by atoms with van der Waals surface area (Å²) < 4.78 is 14.2. The van der Waals surface area contributed by atoms with Gasteiger partial charge in [-0.05, 0) is 12.1 Å². The second-order valence-corrected chi connectivity index (χ2v) is 4.64. The molecule has 0 bridgehead atoms. The second kappa shape index (κ2) is 5.66. The van der Waals surface area contributed by atoms with Crippen molar-refractivity contribution < 1.29 is 14.0 Å². The molecule has 0 aliphatic heterocycles. The Hall–Kier alpha value is -2.15. The van der Waals surface area contributed by atoms with Crippen LogP contribution in [0.1, 0.15) is 5.56 Å². The van der Waals surface area contributed by atoms with Crippen molar-refractivity contribution >= 4 is 17.4 Å². The number of aromatic nitrogens is 1. The number of hydrogen-bond donors (Lipinski definition) is 0. The van der Waals surface area contributed by atoms with Gasteiger partial charge in [0, 0.05) is 24.0 Å². The van der Waals surface area contributed by atoms with Gasteiger partial charge in [-0.2, -0.15) is 4.73 Å². The summed E-state index contributed by atoms with van der Waals surface area (Å²) >= 11 is 1.05. The Balaban J connectivity index is 2.25. The van der Waals surface area contributed by atoms with E-state index in [0.717, 1.165) is 11.8 Å². The molecule has 0 radical (unpaired) electrons. The van der Waals surface area contributed by atoms with Crippen LogP contribution >= 0.6 is 11.8 Å². The van der Waals surface area contributed by atoms with Crippen molar-refractivity contribution in [2.75, 3.05) is 0 Å². The molecule has 98 valence electrons. The molecule has 0 amide bonds. The summed E-state index contributed by atoms with van der Waals surface area (Å²) in [6, 6.07) is 8.52. The average molecular weight is 280 g/mol. The van der Waals surface area contributed by atoms with Crippen molar-refractivity contribution in [3.05, 3.63) is 69.3 Å². The number of halogens is 1. The molecule has 5 nitrogen and oxygen atoms in total. The number of thioether (sulfide) groups is 1. The summed E-state index contributed by atoms with van der Waals surface area (Å²) in [7, 11) is 0. The minimum Gasteiger partial charge on any atom is -0.618 e. The van der Waals surface area contributed by atoms with E-state index >= 15 is 0 Å². The van der Waals surface area contributed by atoms with Gasteiger partial charge in [-0.1, -0.05) is 17.8 Å². The highest BCUT2D eigenvalue weighted by atomic mass is 32.2. The van der Waals surface area contributed by atoms with E-state index in [4.69, 9.17) is 0 Å². The number of nitro groups is 1. The Morgan fingerprint density at radius 3 is 2.74 bits per heavy atom. The molecule has 2 aromatic rings. The number of hydrogen-bond acceptors (Lipinski definition) is 4. The van der Waals surface area contributed by atoms with E-state index in [9.17, 15) is 19.7 Å². The SMILES string of the molecule is O=[N+]([O-])c1cccc(F)c1CSc1cccc[n+]1[O-]. The first-order valence-corrected chi connectivity index (χ1v) is 6.31. The van der Waals surface area contributed by atoms with E-state index in [1.807, 2.05) is 0 Å². The summed E-state index contributed by atoms with van der Waals surface area (Å²) in [4.78, 5) is 10.2. The average Bonchev–Trinajstić information content (AvgIpc) is 2.38. The van der Waals surface area contributed by atoms with Crippen LogP contribution < -0.4 is 4.73 Å². The number of nitrogens with zero attached hydrogens (tertiary/aromatic N) is 2. The van der Waals surface area contributed by atoms with Crippen LogP contribution in [0.25, 0.3) is 0 Å². The van der Waals surface area contributed by atoms with Gasteiger partial charge in [0.25, 0.3) is 10.7 Å². The highest BCUT2D eigenvalue weighted by Gasteiger charge is 2.19. The molecule has 7 heteroatoms. The number of nitro benzene ring substituents is 1. The lowest BCUT2D eigenvalue weighted by Gasteiger charge is -2.05. The molecule has 0 aliphatic carbocycles. The summed E-state index contributed by atoms with van der Waals surface area (Å²) in [6.45, 7) is 0. The molecular weight excluding hydrogens is 271 g/mol. The lowest BCUT2D eigenvalue weighted by Crippen LogP contribution is -2.27. The molecule has 0 atom stereocenters. The molecule has 0 spiro atoms. The molecule has 19 heavy (non-hydrogen) atoms. The van der Waals surface area contributed by atoms with Crippen LogP contribution in [0.4, 0.5) is 10.1 Å².